The highest BCUT2D eigenvalue weighted by molar-refractivity contribution is 7.80. The van der Waals surface area contributed by atoms with Crippen molar-refractivity contribution in [1.29, 1.82) is 0 Å². The van der Waals surface area contributed by atoms with Crippen LogP contribution in [0.25, 0.3) is 5.82 Å². The molecule has 1 N–H and O–H groups in total. The van der Waals surface area contributed by atoms with Crippen molar-refractivity contribution in [3.05, 3.63) is 107 Å². The molecule has 0 saturated carbocycles. The molecule has 7 heteroatoms. The van der Waals surface area contributed by atoms with Crippen LogP contribution in [0.15, 0.2) is 73.3 Å². The van der Waals surface area contributed by atoms with Gasteiger partial charge in [0, 0.05) is 42.7 Å². The fourth-order valence-corrected chi connectivity index (χ4v) is 4.99. The van der Waals surface area contributed by atoms with Crippen LogP contribution in [0.5, 0.6) is 0 Å². The Morgan fingerprint density at radius 2 is 1.76 bits per heavy atom. The van der Waals surface area contributed by atoms with Gasteiger partial charge in [-0.05, 0) is 92.1 Å². The van der Waals surface area contributed by atoms with Crippen LogP contribution in [0.2, 0.25) is 0 Å². The number of hydrogen-bond donors (Lipinski definition) is 1. The van der Waals surface area contributed by atoms with E-state index in [0.717, 1.165) is 33.6 Å². The van der Waals surface area contributed by atoms with E-state index in [0.29, 0.717) is 6.54 Å². The number of nitrogens with one attached hydrogen (secondary N) is 1. The second kappa shape index (κ2) is 8.75. The number of aromatic nitrogens is 4. The standard InChI is InChI=1S/C26H26N6S/c1-17-7-13-29-23(14-17)32-18(2)15-21(19(32)3)25-24(22-6-4-5-10-28-22)30-26(33)31(25)16-20-8-11-27-12-9-20/h4-15,24-25H,16H2,1-3H3,(H,30,33)/t24-,25-/m1/s1. The summed E-state index contributed by atoms with van der Waals surface area (Å²) in [5.41, 5.74) is 6.83. The van der Waals surface area contributed by atoms with E-state index in [1.807, 2.05) is 55.1 Å². The second-order valence-corrected chi connectivity index (χ2v) is 8.85. The molecular formula is C26H26N6S. The lowest BCUT2D eigenvalue weighted by Crippen LogP contribution is -2.29. The van der Waals surface area contributed by atoms with E-state index in [-0.39, 0.29) is 12.1 Å². The quantitative estimate of drug-likeness (QED) is 0.439. The number of pyridine rings is 3. The third-order valence-electron chi connectivity index (χ3n) is 6.22. The third-order valence-corrected chi connectivity index (χ3v) is 6.57. The van der Waals surface area contributed by atoms with Gasteiger partial charge in [0.15, 0.2) is 5.11 Å². The number of aryl methyl sites for hydroxylation is 2. The topological polar surface area (TPSA) is 58.9 Å². The first-order valence-corrected chi connectivity index (χ1v) is 11.4. The van der Waals surface area contributed by atoms with Crippen molar-refractivity contribution in [2.75, 3.05) is 0 Å². The Balaban J connectivity index is 1.62. The molecule has 1 saturated heterocycles. The molecule has 0 amide bonds. The normalized spacial score (nSPS) is 17.9. The maximum Gasteiger partial charge on any atom is 0.170 e. The molecule has 6 nitrogen and oxygen atoms in total. The summed E-state index contributed by atoms with van der Waals surface area (Å²) in [6.07, 6.45) is 7.34. The van der Waals surface area contributed by atoms with E-state index in [1.54, 1.807) is 0 Å². The third kappa shape index (κ3) is 4.00. The minimum atomic E-state index is -0.0556. The van der Waals surface area contributed by atoms with Gasteiger partial charge in [-0.15, -0.1) is 0 Å². The van der Waals surface area contributed by atoms with Crippen molar-refractivity contribution >= 4 is 17.3 Å². The maximum absolute atomic E-state index is 5.84. The molecule has 1 fully saturated rings. The molecule has 0 bridgehead atoms. The summed E-state index contributed by atoms with van der Waals surface area (Å²) < 4.78 is 2.23. The Labute approximate surface area is 199 Å². The summed E-state index contributed by atoms with van der Waals surface area (Å²) in [5, 5.41) is 4.28. The van der Waals surface area contributed by atoms with E-state index < -0.39 is 0 Å². The molecular weight excluding hydrogens is 428 g/mol. The van der Waals surface area contributed by atoms with Crippen LogP contribution in [-0.2, 0) is 6.54 Å². The van der Waals surface area contributed by atoms with E-state index in [9.17, 15) is 0 Å². The zero-order valence-corrected chi connectivity index (χ0v) is 19.8. The number of hydrogen-bond acceptors (Lipinski definition) is 4. The molecule has 1 aliphatic rings. The molecule has 166 valence electrons. The molecule has 5 rings (SSSR count). The predicted octanol–water partition coefficient (Wildman–Crippen LogP) is 4.76. The molecule has 0 spiro atoms. The van der Waals surface area contributed by atoms with Crippen LogP contribution < -0.4 is 5.32 Å². The molecule has 5 heterocycles. The Morgan fingerprint density at radius 1 is 0.939 bits per heavy atom. The summed E-state index contributed by atoms with van der Waals surface area (Å²) in [6.45, 7) is 7.07. The Hall–Kier alpha value is -3.58. The highest BCUT2D eigenvalue weighted by atomic mass is 32.1. The van der Waals surface area contributed by atoms with Gasteiger partial charge < -0.3 is 14.8 Å². The molecule has 0 aromatic carbocycles. The molecule has 33 heavy (non-hydrogen) atoms. The lowest BCUT2D eigenvalue weighted by atomic mass is 9.96. The van der Waals surface area contributed by atoms with Crippen LogP contribution in [0.1, 0.15) is 45.9 Å². The first-order chi connectivity index (χ1) is 16.0. The molecule has 2 atom stereocenters. The summed E-state index contributed by atoms with van der Waals surface area (Å²) in [6, 6.07) is 16.4. The SMILES string of the molecule is Cc1ccnc(-n2c(C)cc([C@@H]3[C@@H](c4ccccn4)NC(=S)N3Cc3ccncc3)c2C)c1. The number of nitrogens with zero attached hydrogens (tertiary/aromatic N) is 5. The van der Waals surface area contributed by atoms with E-state index in [4.69, 9.17) is 12.2 Å². The van der Waals surface area contributed by atoms with Gasteiger partial charge in [-0.2, -0.15) is 0 Å². The lowest BCUT2D eigenvalue weighted by Gasteiger charge is -2.28. The second-order valence-electron chi connectivity index (χ2n) is 8.46. The van der Waals surface area contributed by atoms with Crippen LogP contribution in [-0.4, -0.2) is 29.5 Å². The van der Waals surface area contributed by atoms with Crippen LogP contribution in [0, 0.1) is 20.8 Å². The van der Waals surface area contributed by atoms with Crippen LogP contribution in [0.4, 0.5) is 0 Å². The van der Waals surface area contributed by atoms with Gasteiger partial charge in [0.05, 0.1) is 17.8 Å². The summed E-state index contributed by atoms with van der Waals surface area (Å²) in [7, 11) is 0. The van der Waals surface area contributed by atoms with Gasteiger partial charge >= 0.3 is 0 Å². The van der Waals surface area contributed by atoms with Crippen molar-refractivity contribution in [2.24, 2.45) is 0 Å². The monoisotopic (exact) mass is 454 g/mol. The fraction of sp³-hybridized carbons (Fsp3) is 0.231. The van der Waals surface area contributed by atoms with Crippen molar-refractivity contribution < 1.29 is 0 Å². The van der Waals surface area contributed by atoms with Crippen LogP contribution >= 0.6 is 12.2 Å². The summed E-state index contributed by atoms with van der Waals surface area (Å²) >= 11 is 5.84. The Morgan fingerprint density at radius 3 is 2.48 bits per heavy atom. The van der Waals surface area contributed by atoms with Gasteiger partial charge in [0.25, 0.3) is 0 Å². The fourth-order valence-electron chi connectivity index (χ4n) is 4.68. The summed E-state index contributed by atoms with van der Waals surface area (Å²) in [4.78, 5) is 15.7. The number of rotatable bonds is 5. The summed E-state index contributed by atoms with van der Waals surface area (Å²) in [5.74, 6) is 0.930. The molecule has 4 aromatic rings. The zero-order valence-electron chi connectivity index (χ0n) is 18.9. The minimum absolute atomic E-state index is 0.00896. The molecule has 0 aliphatic carbocycles. The minimum Gasteiger partial charge on any atom is -0.352 e. The van der Waals surface area contributed by atoms with Crippen LogP contribution in [0.3, 0.4) is 0 Å². The highest BCUT2D eigenvalue weighted by Gasteiger charge is 2.41. The van der Waals surface area contributed by atoms with E-state index in [2.05, 4.69) is 68.7 Å². The highest BCUT2D eigenvalue weighted by Crippen LogP contribution is 2.42. The Kier molecular flexibility index (Phi) is 5.64. The number of thiocarbonyl (C=S) groups is 1. The first-order valence-electron chi connectivity index (χ1n) is 11.0. The van der Waals surface area contributed by atoms with Gasteiger partial charge in [-0.1, -0.05) is 6.07 Å². The van der Waals surface area contributed by atoms with Gasteiger partial charge in [-0.25, -0.2) is 4.98 Å². The van der Waals surface area contributed by atoms with E-state index >= 15 is 0 Å². The van der Waals surface area contributed by atoms with Gasteiger partial charge in [0.1, 0.15) is 5.82 Å². The van der Waals surface area contributed by atoms with Crippen molar-refractivity contribution in [1.82, 2.24) is 29.7 Å². The van der Waals surface area contributed by atoms with Crippen molar-refractivity contribution in [3.8, 4) is 5.82 Å². The smallest absolute Gasteiger partial charge is 0.170 e. The van der Waals surface area contributed by atoms with Gasteiger partial charge in [0.2, 0.25) is 0 Å². The average Bonchev–Trinajstić information content (AvgIpc) is 3.30. The molecule has 4 aromatic heterocycles. The predicted molar refractivity (Wildman–Crippen MR) is 133 cm³/mol. The average molecular weight is 455 g/mol. The molecule has 0 unspecified atom stereocenters. The first kappa shape index (κ1) is 21.3. The maximum atomic E-state index is 5.84. The molecule has 1 aliphatic heterocycles. The molecule has 0 radical (unpaired) electrons. The lowest BCUT2D eigenvalue weighted by molar-refractivity contribution is 0.310. The zero-order chi connectivity index (χ0) is 22.9. The van der Waals surface area contributed by atoms with Crippen molar-refractivity contribution in [2.45, 2.75) is 39.4 Å². The largest absolute Gasteiger partial charge is 0.352 e. The Bertz CT molecular complexity index is 1280. The van der Waals surface area contributed by atoms with Gasteiger partial charge in [-0.3, -0.25) is 9.97 Å². The van der Waals surface area contributed by atoms with Crippen molar-refractivity contribution in [3.63, 3.8) is 0 Å². The van der Waals surface area contributed by atoms with E-state index in [1.165, 1.54) is 11.1 Å².